The molecule has 0 unspecified atom stereocenters. The number of halogens is 1. The van der Waals surface area contributed by atoms with Gasteiger partial charge >= 0.3 is 0 Å². The highest BCUT2D eigenvalue weighted by molar-refractivity contribution is 6.02. The molecule has 1 aliphatic rings. The molecule has 0 radical (unpaired) electrons. The molecule has 0 fully saturated rings. The number of rotatable bonds is 9. The Morgan fingerprint density at radius 1 is 1.06 bits per heavy atom. The molecule has 3 aromatic carbocycles. The van der Waals surface area contributed by atoms with Crippen LogP contribution in [-0.2, 0) is 9.59 Å². The molecule has 0 aromatic heterocycles. The quantitative estimate of drug-likeness (QED) is 0.459. The number of benzene rings is 3. The van der Waals surface area contributed by atoms with E-state index in [-0.39, 0.29) is 49.6 Å². The van der Waals surface area contributed by atoms with E-state index in [0.717, 1.165) is 5.56 Å². The van der Waals surface area contributed by atoms with Gasteiger partial charge in [0.05, 0.1) is 5.69 Å². The Bertz CT molecular complexity index is 1230. The second-order valence-electron chi connectivity index (χ2n) is 8.20. The third-order valence-electron chi connectivity index (χ3n) is 5.53. The summed E-state index contributed by atoms with van der Waals surface area (Å²) in [5.74, 6) is -0.0129. The van der Waals surface area contributed by atoms with Gasteiger partial charge < -0.3 is 19.7 Å². The van der Waals surface area contributed by atoms with Gasteiger partial charge in [-0.1, -0.05) is 17.7 Å². The number of fused-ring (bicyclic) bond motifs is 1. The maximum absolute atomic E-state index is 13.0. The molecule has 0 atom stereocenters. The summed E-state index contributed by atoms with van der Waals surface area (Å²) in [5.41, 5.74) is 2.48. The molecule has 7 nitrogen and oxygen atoms in total. The Balaban J connectivity index is 1.37. The van der Waals surface area contributed by atoms with Crippen molar-refractivity contribution in [3.05, 3.63) is 83.7 Å². The van der Waals surface area contributed by atoms with Gasteiger partial charge in [-0.15, -0.1) is 0 Å². The van der Waals surface area contributed by atoms with Crippen molar-refractivity contribution in [1.82, 2.24) is 0 Å². The Morgan fingerprint density at radius 2 is 1.80 bits per heavy atom. The van der Waals surface area contributed by atoms with Crippen LogP contribution in [-0.4, -0.2) is 37.4 Å². The summed E-state index contributed by atoms with van der Waals surface area (Å²) in [7, 11) is 0. The highest BCUT2D eigenvalue weighted by Gasteiger charge is 2.26. The third kappa shape index (κ3) is 6.23. The van der Waals surface area contributed by atoms with E-state index in [0.29, 0.717) is 34.9 Å². The number of anilines is 2. The Morgan fingerprint density at radius 3 is 2.54 bits per heavy atom. The van der Waals surface area contributed by atoms with Crippen molar-refractivity contribution in [1.29, 1.82) is 0 Å². The second kappa shape index (κ2) is 10.8. The molecule has 1 N–H and O–H groups in total. The van der Waals surface area contributed by atoms with Crippen molar-refractivity contribution in [3.8, 4) is 11.5 Å². The maximum atomic E-state index is 13.0. The topological polar surface area (TPSA) is 84.9 Å². The monoisotopic (exact) mass is 476 g/mol. The first kappa shape index (κ1) is 23.9. The van der Waals surface area contributed by atoms with Gasteiger partial charge in [0.25, 0.3) is 5.91 Å². The fraction of sp³-hybridized carbons (Fsp3) is 0.222. The van der Waals surface area contributed by atoms with Crippen LogP contribution < -0.4 is 19.7 Å². The van der Waals surface area contributed by atoms with Gasteiger partial charge in [-0.2, -0.15) is 0 Å². The number of carbonyl (C=O) groups is 3. The van der Waals surface area contributed by atoms with Gasteiger partial charge in [0.15, 0.2) is 19.0 Å². The Hall–Kier alpha value is -4.20. The van der Waals surface area contributed by atoms with Crippen molar-refractivity contribution in [2.45, 2.75) is 19.8 Å². The molecule has 1 heterocycles. The van der Waals surface area contributed by atoms with Crippen LogP contribution in [0, 0.1) is 12.7 Å². The molecule has 35 heavy (non-hydrogen) atoms. The number of nitrogens with one attached hydrogen (secondary N) is 1. The zero-order valence-electron chi connectivity index (χ0n) is 19.3. The Kier molecular flexibility index (Phi) is 7.40. The number of ether oxygens (including phenoxy) is 2. The highest BCUT2D eigenvalue weighted by Crippen LogP contribution is 2.33. The maximum Gasteiger partial charge on any atom is 0.265 e. The molecule has 8 heteroatoms. The van der Waals surface area contributed by atoms with E-state index in [4.69, 9.17) is 9.47 Å². The fourth-order valence-electron chi connectivity index (χ4n) is 3.64. The van der Waals surface area contributed by atoms with Crippen LogP contribution in [0.3, 0.4) is 0 Å². The van der Waals surface area contributed by atoms with Gasteiger partial charge in [0, 0.05) is 24.2 Å². The smallest absolute Gasteiger partial charge is 0.265 e. The molecular weight excluding hydrogens is 451 g/mol. The number of carbonyl (C=O) groups excluding carboxylic acids is 3. The standard InChI is InChI=1S/C27H25FN2O5/c1-18-4-11-22(12-5-18)34-16-24(31)19-6-13-25-23(15-19)30(27(33)17-35-25)14-2-3-26(32)29-21-9-7-20(28)8-10-21/h4-13,15H,2-3,14,16-17H2,1H3,(H,29,32). The number of nitrogens with zero attached hydrogens (tertiary/aromatic N) is 1. The molecule has 0 bridgehead atoms. The summed E-state index contributed by atoms with van der Waals surface area (Å²) in [4.78, 5) is 39.0. The Labute approximate surface area is 202 Å². The van der Waals surface area contributed by atoms with Crippen molar-refractivity contribution >= 4 is 29.0 Å². The van der Waals surface area contributed by atoms with Gasteiger partial charge in [0.2, 0.25) is 5.91 Å². The molecule has 3 aromatic rings. The average Bonchev–Trinajstić information content (AvgIpc) is 2.86. The minimum absolute atomic E-state index is 0.112. The van der Waals surface area contributed by atoms with E-state index < -0.39 is 0 Å². The van der Waals surface area contributed by atoms with Gasteiger partial charge in [-0.3, -0.25) is 14.4 Å². The van der Waals surface area contributed by atoms with E-state index in [1.807, 2.05) is 19.1 Å². The summed E-state index contributed by atoms with van der Waals surface area (Å²) in [5, 5.41) is 2.70. The minimum Gasteiger partial charge on any atom is -0.485 e. The molecule has 1 aliphatic heterocycles. The summed E-state index contributed by atoms with van der Waals surface area (Å²) in [6, 6.07) is 17.8. The number of hydrogen-bond donors (Lipinski definition) is 1. The minimum atomic E-state index is -0.382. The second-order valence-corrected chi connectivity index (χ2v) is 8.20. The number of ketones is 1. The normalized spacial score (nSPS) is 12.5. The predicted molar refractivity (Wildman–Crippen MR) is 130 cm³/mol. The van der Waals surface area contributed by atoms with Crippen LogP contribution >= 0.6 is 0 Å². The average molecular weight is 477 g/mol. The fourth-order valence-corrected chi connectivity index (χ4v) is 3.64. The molecule has 180 valence electrons. The third-order valence-corrected chi connectivity index (χ3v) is 5.53. The molecule has 0 saturated heterocycles. The van der Waals surface area contributed by atoms with Gasteiger partial charge in [-0.25, -0.2) is 4.39 Å². The lowest BCUT2D eigenvalue weighted by Crippen LogP contribution is -2.39. The van der Waals surface area contributed by atoms with E-state index in [1.54, 1.807) is 30.3 Å². The van der Waals surface area contributed by atoms with E-state index in [1.165, 1.54) is 29.2 Å². The van der Waals surface area contributed by atoms with Gasteiger partial charge in [0.1, 0.15) is 17.3 Å². The largest absolute Gasteiger partial charge is 0.485 e. The number of aryl methyl sites for hydroxylation is 1. The predicted octanol–water partition coefficient (Wildman–Crippen LogP) is 4.54. The SMILES string of the molecule is Cc1ccc(OCC(=O)c2ccc3c(c2)N(CCCC(=O)Nc2ccc(F)cc2)C(=O)CO3)cc1. The molecule has 0 aliphatic carbocycles. The lowest BCUT2D eigenvalue weighted by Gasteiger charge is -2.29. The van der Waals surface area contributed by atoms with Gasteiger partial charge in [-0.05, 0) is 67.9 Å². The number of amides is 2. The molecule has 2 amide bonds. The number of Topliss-reactive ketones (excluding diaryl/α,β-unsaturated/α-hetero) is 1. The van der Waals surface area contributed by atoms with Crippen molar-refractivity contribution < 1.29 is 28.2 Å². The zero-order valence-corrected chi connectivity index (χ0v) is 19.3. The summed E-state index contributed by atoms with van der Waals surface area (Å²) < 4.78 is 24.1. The highest BCUT2D eigenvalue weighted by atomic mass is 19.1. The summed E-state index contributed by atoms with van der Waals surface area (Å²) in [6.07, 6.45) is 0.563. The molecular formula is C27H25FN2O5. The van der Waals surface area contributed by atoms with E-state index >= 15 is 0 Å². The van der Waals surface area contributed by atoms with Crippen LogP contribution in [0.4, 0.5) is 15.8 Å². The summed E-state index contributed by atoms with van der Waals surface area (Å²) in [6.45, 7) is 2.00. The van der Waals surface area contributed by atoms with E-state index in [9.17, 15) is 18.8 Å². The number of hydrogen-bond acceptors (Lipinski definition) is 5. The first-order chi connectivity index (χ1) is 16.9. The molecule has 4 rings (SSSR count). The van der Waals surface area contributed by atoms with E-state index in [2.05, 4.69) is 5.32 Å². The van der Waals surface area contributed by atoms with Crippen molar-refractivity contribution in [2.24, 2.45) is 0 Å². The van der Waals surface area contributed by atoms with Crippen LogP contribution in [0.1, 0.15) is 28.8 Å². The van der Waals surface area contributed by atoms with Crippen molar-refractivity contribution in [3.63, 3.8) is 0 Å². The summed E-state index contributed by atoms with van der Waals surface area (Å²) >= 11 is 0. The zero-order chi connectivity index (χ0) is 24.8. The van der Waals surface area contributed by atoms with Crippen LogP contribution in [0.15, 0.2) is 66.7 Å². The van der Waals surface area contributed by atoms with Crippen LogP contribution in [0.25, 0.3) is 0 Å². The lowest BCUT2D eigenvalue weighted by molar-refractivity contribution is -0.121. The first-order valence-corrected chi connectivity index (χ1v) is 11.2. The van der Waals surface area contributed by atoms with Crippen LogP contribution in [0.5, 0.6) is 11.5 Å². The lowest BCUT2D eigenvalue weighted by atomic mass is 10.1. The first-order valence-electron chi connectivity index (χ1n) is 11.2. The molecule has 0 spiro atoms. The van der Waals surface area contributed by atoms with Crippen molar-refractivity contribution in [2.75, 3.05) is 30.0 Å². The molecule has 0 saturated carbocycles. The van der Waals surface area contributed by atoms with Crippen LogP contribution in [0.2, 0.25) is 0 Å².